The third-order valence-corrected chi connectivity index (χ3v) is 3.44. The van der Waals surface area contributed by atoms with Gasteiger partial charge in [-0.2, -0.15) is 0 Å². The number of amides is 1. The summed E-state index contributed by atoms with van der Waals surface area (Å²) in [5, 5.41) is 0. The van der Waals surface area contributed by atoms with Crippen LogP contribution < -0.4 is 9.47 Å². The zero-order valence-corrected chi connectivity index (χ0v) is 14.1. The van der Waals surface area contributed by atoms with Crippen molar-refractivity contribution in [3.63, 3.8) is 0 Å². The van der Waals surface area contributed by atoms with Gasteiger partial charge >= 0.3 is 0 Å². The van der Waals surface area contributed by atoms with E-state index >= 15 is 0 Å². The lowest BCUT2D eigenvalue weighted by Crippen LogP contribution is -2.29. The summed E-state index contributed by atoms with van der Waals surface area (Å²) < 4.78 is 11.2. The van der Waals surface area contributed by atoms with Gasteiger partial charge in [-0.1, -0.05) is 36.4 Å². The molecule has 2 rings (SSSR count). The topological polar surface area (TPSA) is 38.8 Å². The highest BCUT2D eigenvalue weighted by Gasteiger charge is 2.06. The molecule has 2 aromatic rings. The number of likely N-dealkylation sites (N-methyl/N-ethyl adjacent to an activating group) is 1. The van der Waals surface area contributed by atoms with Gasteiger partial charge in [-0.3, -0.25) is 4.79 Å². The Morgan fingerprint density at radius 3 is 2.50 bits per heavy atom. The highest BCUT2D eigenvalue weighted by molar-refractivity contribution is 5.92. The number of hydrogen-bond acceptors (Lipinski definition) is 3. The standard InChI is InChI=1S/C20H23NO3/c1-3-23-19-12-8-7-9-17(19)13-14-20(22)21(2)15-16-24-18-10-5-4-6-11-18/h4-14H,3,15-16H2,1-2H3/b14-13+. The van der Waals surface area contributed by atoms with Gasteiger partial charge in [-0.25, -0.2) is 0 Å². The Balaban J connectivity index is 1.85. The van der Waals surface area contributed by atoms with Gasteiger partial charge in [-0.15, -0.1) is 0 Å². The van der Waals surface area contributed by atoms with Gasteiger partial charge in [0.25, 0.3) is 0 Å². The van der Waals surface area contributed by atoms with Crippen LogP contribution in [0.5, 0.6) is 11.5 Å². The largest absolute Gasteiger partial charge is 0.493 e. The van der Waals surface area contributed by atoms with E-state index in [1.807, 2.05) is 61.5 Å². The summed E-state index contributed by atoms with van der Waals surface area (Å²) in [6, 6.07) is 17.2. The van der Waals surface area contributed by atoms with Crippen LogP contribution in [-0.4, -0.2) is 37.6 Å². The first-order valence-corrected chi connectivity index (χ1v) is 8.03. The molecule has 0 saturated heterocycles. The van der Waals surface area contributed by atoms with Gasteiger partial charge in [0.05, 0.1) is 13.2 Å². The fourth-order valence-corrected chi connectivity index (χ4v) is 2.12. The molecule has 126 valence electrons. The van der Waals surface area contributed by atoms with E-state index in [0.717, 1.165) is 17.1 Å². The average molecular weight is 325 g/mol. The van der Waals surface area contributed by atoms with Crippen LogP contribution in [-0.2, 0) is 4.79 Å². The Hall–Kier alpha value is -2.75. The number of benzene rings is 2. The lowest BCUT2D eigenvalue weighted by atomic mass is 10.2. The molecule has 2 aromatic carbocycles. The van der Waals surface area contributed by atoms with Crippen molar-refractivity contribution in [2.24, 2.45) is 0 Å². The Labute approximate surface area is 143 Å². The molecular weight excluding hydrogens is 302 g/mol. The van der Waals surface area contributed by atoms with Crippen LogP contribution >= 0.6 is 0 Å². The molecule has 0 N–H and O–H groups in total. The van der Waals surface area contributed by atoms with E-state index in [1.165, 1.54) is 0 Å². The maximum Gasteiger partial charge on any atom is 0.246 e. The van der Waals surface area contributed by atoms with Crippen molar-refractivity contribution in [3.8, 4) is 11.5 Å². The van der Waals surface area contributed by atoms with Gasteiger partial charge in [0.2, 0.25) is 5.91 Å². The molecule has 0 radical (unpaired) electrons. The lowest BCUT2D eigenvalue weighted by molar-refractivity contribution is -0.125. The normalized spacial score (nSPS) is 10.6. The second-order valence-corrected chi connectivity index (χ2v) is 5.23. The van der Waals surface area contributed by atoms with Crippen molar-refractivity contribution in [1.29, 1.82) is 0 Å². The third kappa shape index (κ3) is 5.47. The van der Waals surface area contributed by atoms with Crippen molar-refractivity contribution in [1.82, 2.24) is 4.90 Å². The number of ether oxygens (including phenoxy) is 2. The maximum absolute atomic E-state index is 12.2. The molecule has 0 bridgehead atoms. The van der Waals surface area contributed by atoms with Crippen LogP contribution in [0.4, 0.5) is 0 Å². The summed E-state index contributed by atoms with van der Waals surface area (Å²) in [5.41, 5.74) is 0.890. The first-order valence-electron chi connectivity index (χ1n) is 8.03. The Kier molecular flexibility index (Phi) is 6.90. The Morgan fingerprint density at radius 2 is 1.75 bits per heavy atom. The molecule has 0 spiro atoms. The number of hydrogen-bond donors (Lipinski definition) is 0. The van der Waals surface area contributed by atoms with E-state index in [0.29, 0.717) is 19.8 Å². The first-order chi connectivity index (χ1) is 11.7. The minimum absolute atomic E-state index is 0.0713. The number of rotatable bonds is 8. The lowest BCUT2D eigenvalue weighted by Gasteiger charge is -2.15. The van der Waals surface area contributed by atoms with Gasteiger partial charge in [0.1, 0.15) is 18.1 Å². The molecule has 0 heterocycles. The quantitative estimate of drug-likeness (QED) is 0.696. The molecule has 1 amide bonds. The van der Waals surface area contributed by atoms with Crippen molar-refractivity contribution in [2.75, 3.05) is 26.8 Å². The third-order valence-electron chi connectivity index (χ3n) is 3.44. The number of carbonyl (C=O) groups excluding carboxylic acids is 1. The fraction of sp³-hybridized carbons (Fsp3) is 0.250. The molecule has 0 aliphatic carbocycles. The SMILES string of the molecule is CCOc1ccccc1/C=C/C(=O)N(C)CCOc1ccccc1. The first kappa shape index (κ1) is 17.6. The van der Waals surface area contributed by atoms with Crippen molar-refractivity contribution < 1.29 is 14.3 Å². The van der Waals surface area contributed by atoms with Gasteiger partial charge in [-0.05, 0) is 31.2 Å². The molecule has 0 unspecified atom stereocenters. The van der Waals surface area contributed by atoms with E-state index in [4.69, 9.17) is 9.47 Å². The van der Waals surface area contributed by atoms with E-state index < -0.39 is 0 Å². The Morgan fingerprint density at radius 1 is 1.04 bits per heavy atom. The minimum Gasteiger partial charge on any atom is -0.493 e. The zero-order valence-electron chi connectivity index (χ0n) is 14.1. The minimum atomic E-state index is -0.0713. The van der Waals surface area contributed by atoms with Crippen LogP contribution in [0.25, 0.3) is 6.08 Å². The zero-order chi connectivity index (χ0) is 17.2. The summed E-state index contributed by atoms with van der Waals surface area (Å²) in [6.45, 7) is 3.50. The predicted molar refractivity (Wildman–Crippen MR) is 96.2 cm³/mol. The summed E-state index contributed by atoms with van der Waals surface area (Å²) in [4.78, 5) is 13.8. The highest BCUT2D eigenvalue weighted by atomic mass is 16.5. The molecule has 0 aromatic heterocycles. The fourth-order valence-electron chi connectivity index (χ4n) is 2.12. The van der Waals surface area contributed by atoms with E-state index in [-0.39, 0.29) is 5.91 Å². The van der Waals surface area contributed by atoms with Crippen LogP contribution in [0.2, 0.25) is 0 Å². The van der Waals surface area contributed by atoms with E-state index in [2.05, 4.69) is 0 Å². The van der Waals surface area contributed by atoms with Crippen molar-refractivity contribution in [2.45, 2.75) is 6.92 Å². The van der Waals surface area contributed by atoms with Gasteiger partial charge in [0.15, 0.2) is 0 Å². The number of nitrogens with zero attached hydrogens (tertiary/aromatic N) is 1. The van der Waals surface area contributed by atoms with Gasteiger partial charge in [0, 0.05) is 18.7 Å². The summed E-state index contributed by atoms with van der Waals surface area (Å²) in [6.07, 6.45) is 3.34. The van der Waals surface area contributed by atoms with Gasteiger partial charge < -0.3 is 14.4 Å². The summed E-state index contributed by atoms with van der Waals surface area (Å²) in [5.74, 6) is 1.51. The smallest absolute Gasteiger partial charge is 0.246 e. The molecule has 0 aliphatic rings. The van der Waals surface area contributed by atoms with Crippen molar-refractivity contribution in [3.05, 3.63) is 66.2 Å². The predicted octanol–water partition coefficient (Wildman–Crippen LogP) is 3.64. The molecule has 0 atom stereocenters. The average Bonchev–Trinajstić information content (AvgIpc) is 2.62. The van der Waals surface area contributed by atoms with Crippen LogP contribution in [0.1, 0.15) is 12.5 Å². The molecule has 0 saturated carbocycles. The molecule has 4 heteroatoms. The monoisotopic (exact) mass is 325 g/mol. The molecule has 0 fully saturated rings. The second kappa shape index (κ2) is 9.40. The molecule has 4 nitrogen and oxygen atoms in total. The van der Waals surface area contributed by atoms with Crippen LogP contribution in [0.3, 0.4) is 0 Å². The highest BCUT2D eigenvalue weighted by Crippen LogP contribution is 2.19. The molecule has 0 aliphatic heterocycles. The van der Waals surface area contributed by atoms with Crippen LogP contribution in [0, 0.1) is 0 Å². The summed E-state index contributed by atoms with van der Waals surface area (Å²) >= 11 is 0. The van der Waals surface area contributed by atoms with Crippen LogP contribution in [0.15, 0.2) is 60.7 Å². The number of carbonyl (C=O) groups is 1. The second-order valence-electron chi connectivity index (χ2n) is 5.23. The maximum atomic E-state index is 12.2. The summed E-state index contributed by atoms with van der Waals surface area (Å²) in [7, 11) is 1.76. The van der Waals surface area contributed by atoms with Crippen molar-refractivity contribution >= 4 is 12.0 Å². The number of para-hydroxylation sites is 2. The Bertz CT molecular complexity index is 668. The van der Waals surface area contributed by atoms with E-state index in [1.54, 1.807) is 24.1 Å². The molecular formula is C20H23NO3. The van der Waals surface area contributed by atoms with E-state index in [9.17, 15) is 4.79 Å². The molecule has 24 heavy (non-hydrogen) atoms.